The molecule has 0 aromatic heterocycles. The number of allylic oxidation sites excluding steroid dienone is 2. The summed E-state index contributed by atoms with van der Waals surface area (Å²) in [5.41, 5.74) is 1.42. The van der Waals surface area contributed by atoms with Crippen molar-refractivity contribution in [2.45, 2.75) is 65.7 Å². The van der Waals surface area contributed by atoms with Crippen molar-refractivity contribution in [1.82, 2.24) is 0 Å². The summed E-state index contributed by atoms with van der Waals surface area (Å²) in [5, 5.41) is 0. The van der Waals surface area contributed by atoms with Gasteiger partial charge in [-0.15, -0.1) is 0 Å². The predicted molar refractivity (Wildman–Crippen MR) is 56.1 cm³/mol. The first-order valence-electron chi connectivity index (χ1n) is 5.31. The highest BCUT2D eigenvalue weighted by Crippen LogP contribution is 2.10. The van der Waals surface area contributed by atoms with Crippen LogP contribution in [0.5, 0.6) is 0 Å². The van der Waals surface area contributed by atoms with Gasteiger partial charge in [-0.2, -0.15) is 0 Å². The van der Waals surface area contributed by atoms with E-state index in [1.54, 1.807) is 0 Å². The van der Waals surface area contributed by atoms with Crippen LogP contribution in [0, 0.1) is 6.08 Å². The lowest BCUT2D eigenvalue weighted by Gasteiger charge is -2.00. The van der Waals surface area contributed by atoms with E-state index in [0.29, 0.717) is 0 Å². The molecule has 0 spiro atoms. The van der Waals surface area contributed by atoms with E-state index in [0.717, 1.165) is 0 Å². The summed E-state index contributed by atoms with van der Waals surface area (Å²) in [4.78, 5) is 0. The summed E-state index contributed by atoms with van der Waals surface area (Å²) >= 11 is 0. The lowest BCUT2D eigenvalue weighted by molar-refractivity contribution is 0.606. The van der Waals surface area contributed by atoms with Crippen LogP contribution in [-0.4, -0.2) is 0 Å². The molecule has 0 aliphatic heterocycles. The van der Waals surface area contributed by atoms with Crippen molar-refractivity contribution in [2.75, 3.05) is 0 Å². The van der Waals surface area contributed by atoms with E-state index in [4.69, 9.17) is 0 Å². The van der Waals surface area contributed by atoms with Gasteiger partial charge >= 0.3 is 0 Å². The first-order chi connectivity index (χ1) is 5.81. The van der Waals surface area contributed by atoms with Gasteiger partial charge in [0.15, 0.2) is 0 Å². The topological polar surface area (TPSA) is 0 Å². The van der Waals surface area contributed by atoms with Crippen LogP contribution >= 0.6 is 0 Å². The van der Waals surface area contributed by atoms with Crippen LogP contribution in [0.4, 0.5) is 0 Å². The van der Waals surface area contributed by atoms with Crippen molar-refractivity contribution >= 4 is 0 Å². The van der Waals surface area contributed by atoms with Gasteiger partial charge in [-0.05, 0) is 32.8 Å². The first kappa shape index (κ1) is 11.7. The van der Waals surface area contributed by atoms with E-state index < -0.39 is 0 Å². The van der Waals surface area contributed by atoms with Gasteiger partial charge in [0.2, 0.25) is 0 Å². The quantitative estimate of drug-likeness (QED) is 0.489. The zero-order chi connectivity index (χ0) is 9.23. The smallest absolute Gasteiger partial charge is 0.0317 e. The van der Waals surface area contributed by atoms with Crippen LogP contribution < -0.4 is 0 Å². The summed E-state index contributed by atoms with van der Waals surface area (Å²) in [6, 6.07) is 0. The highest BCUT2D eigenvalue weighted by molar-refractivity contribution is 4.89. The van der Waals surface area contributed by atoms with Gasteiger partial charge in [-0.25, -0.2) is 0 Å². The molecule has 0 saturated carbocycles. The Balaban J connectivity index is 3.00. The molecule has 0 amide bonds. The van der Waals surface area contributed by atoms with Crippen molar-refractivity contribution < 1.29 is 0 Å². The standard InChI is InChI=1S/C12H23/c1-4-6-7-8-9-10-11-12(3)5-2/h4,6-11H2,1-3H3. The molecular weight excluding hydrogens is 144 g/mol. The average molecular weight is 167 g/mol. The van der Waals surface area contributed by atoms with Crippen LogP contribution in [0.2, 0.25) is 0 Å². The molecule has 12 heavy (non-hydrogen) atoms. The first-order valence-corrected chi connectivity index (χ1v) is 5.31. The Morgan fingerprint density at radius 1 is 1.00 bits per heavy atom. The van der Waals surface area contributed by atoms with Crippen molar-refractivity contribution in [3.8, 4) is 0 Å². The fourth-order valence-electron chi connectivity index (χ4n) is 1.30. The summed E-state index contributed by atoms with van der Waals surface area (Å²) in [7, 11) is 0. The van der Waals surface area contributed by atoms with Crippen LogP contribution in [0.3, 0.4) is 0 Å². The van der Waals surface area contributed by atoms with Crippen LogP contribution in [0.1, 0.15) is 65.7 Å². The molecule has 0 N–H and O–H groups in total. The predicted octanol–water partition coefficient (Wildman–Crippen LogP) is 4.51. The molecule has 0 unspecified atom stereocenters. The minimum absolute atomic E-state index is 1.25. The third-order valence-electron chi connectivity index (χ3n) is 2.33. The van der Waals surface area contributed by atoms with Crippen molar-refractivity contribution in [3.05, 3.63) is 11.6 Å². The van der Waals surface area contributed by atoms with E-state index in [2.05, 4.69) is 19.9 Å². The minimum atomic E-state index is 1.25. The number of hydrogen-bond donors (Lipinski definition) is 0. The fraction of sp³-hybridized carbons (Fsp3) is 0.833. The van der Waals surface area contributed by atoms with E-state index in [1.165, 1.54) is 50.5 Å². The molecule has 0 aromatic rings. The molecular formula is C12H23. The van der Waals surface area contributed by atoms with Crippen LogP contribution in [0.15, 0.2) is 5.57 Å². The molecule has 0 heterocycles. The van der Waals surface area contributed by atoms with Crippen LogP contribution in [0.25, 0.3) is 0 Å². The fourth-order valence-corrected chi connectivity index (χ4v) is 1.30. The maximum absolute atomic E-state index is 3.18. The number of rotatable bonds is 7. The normalized spacial score (nSPS) is 12.1. The van der Waals surface area contributed by atoms with Gasteiger partial charge in [-0.3, -0.25) is 0 Å². The molecule has 0 atom stereocenters. The van der Waals surface area contributed by atoms with Gasteiger partial charge in [-0.1, -0.05) is 44.6 Å². The highest BCUT2D eigenvalue weighted by atomic mass is 14.0. The Morgan fingerprint density at radius 2 is 1.58 bits per heavy atom. The molecule has 0 bridgehead atoms. The lowest BCUT2D eigenvalue weighted by atomic mass is 10.1. The Labute approximate surface area is 78.1 Å². The third-order valence-corrected chi connectivity index (χ3v) is 2.33. The Kier molecular flexibility index (Phi) is 8.64. The maximum atomic E-state index is 3.18. The van der Waals surface area contributed by atoms with Gasteiger partial charge in [0, 0.05) is 0 Å². The van der Waals surface area contributed by atoms with E-state index in [1.807, 2.05) is 6.92 Å². The summed E-state index contributed by atoms with van der Waals surface area (Å²) in [6.45, 7) is 6.44. The zero-order valence-corrected chi connectivity index (χ0v) is 8.95. The number of unbranched alkanes of at least 4 members (excludes halogenated alkanes) is 5. The monoisotopic (exact) mass is 167 g/mol. The molecule has 0 heteroatoms. The number of hydrogen-bond acceptors (Lipinski definition) is 0. The minimum Gasteiger partial charge on any atom is -0.0701 e. The maximum Gasteiger partial charge on any atom is -0.0317 e. The second kappa shape index (κ2) is 8.83. The van der Waals surface area contributed by atoms with Gasteiger partial charge in [0.05, 0.1) is 0 Å². The van der Waals surface area contributed by atoms with Crippen molar-refractivity contribution in [2.24, 2.45) is 0 Å². The Bertz CT molecular complexity index is 111. The SMILES string of the molecule is C/[C]=C(/C)CCCCCCCC. The van der Waals surface area contributed by atoms with Crippen molar-refractivity contribution in [3.63, 3.8) is 0 Å². The summed E-state index contributed by atoms with van der Waals surface area (Å²) in [5.74, 6) is 0. The van der Waals surface area contributed by atoms with Gasteiger partial charge in [0.1, 0.15) is 0 Å². The third kappa shape index (κ3) is 7.84. The summed E-state index contributed by atoms with van der Waals surface area (Å²) in [6.07, 6.45) is 12.8. The molecule has 0 nitrogen and oxygen atoms in total. The van der Waals surface area contributed by atoms with Crippen LogP contribution in [-0.2, 0) is 0 Å². The van der Waals surface area contributed by atoms with E-state index >= 15 is 0 Å². The molecule has 1 radical (unpaired) electrons. The second-order valence-corrected chi connectivity index (χ2v) is 3.55. The molecule has 0 rings (SSSR count). The second-order valence-electron chi connectivity index (χ2n) is 3.55. The van der Waals surface area contributed by atoms with Gasteiger partial charge in [0.25, 0.3) is 0 Å². The zero-order valence-electron chi connectivity index (χ0n) is 8.95. The van der Waals surface area contributed by atoms with E-state index in [-0.39, 0.29) is 0 Å². The molecule has 0 saturated heterocycles. The molecule has 0 aromatic carbocycles. The largest absolute Gasteiger partial charge is 0.0701 e. The lowest BCUT2D eigenvalue weighted by Crippen LogP contribution is -1.80. The Hall–Kier alpha value is -0.260. The molecule has 0 fully saturated rings. The molecule has 0 aliphatic rings. The molecule has 71 valence electrons. The van der Waals surface area contributed by atoms with Crippen molar-refractivity contribution in [1.29, 1.82) is 0 Å². The Morgan fingerprint density at radius 3 is 2.17 bits per heavy atom. The highest BCUT2D eigenvalue weighted by Gasteiger charge is 1.90. The van der Waals surface area contributed by atoms with E-state index in [9.17, 15) is 0 Å². The summed E-state index contributed by atoms with van der Waals surface area (Å²) < 4.78 is 0. The average Bonchev–Trinajstić information content (AvgIpc) is 2.10. The molecule has 0 aliphatic carbocycles. The van der Waals surface area contributed by atoms with Gasteiger partial charge < -0.3 is 0 Å².